The minimum absolute atomic E-state index is 0.0324. The van der Waals surface area contributed by atoms with Gasteiger partial charge in [-0.3, -0.25) is 0 Å². The molecular weight excluding hydrogens is 296 g/mol. The van der Waals surface area contributed by atoms with Crippen molar-refractivity contribution in [1.82, 2.24) is 0 Å². The summed E-state index contributed by atoms with van der Waals surface area (Å²) in [6.07, 6.45) is 2.17. The van der Waals surface area contributed by atoms with E-state index in [2.05, 4.69) is 35.8 Å². The highest BCUT2D eigenvalue weighted by Crippen LogP contribution is 2.45. The molecule has 1 aliphatic rings. The number of rotatable bonds is 2. The Labute approximate surface area is 108 Å². The van der Waals surface area contributed by atoms with E-state index in [1.165, 1.54) is 14.2 Å². The van der Waals surface area contributed by atoms with Crippen molar-refractivity contribution < 1.29 is 4.74 Å². The van der Waals surface area contributed by atoms with Gasteiger partial charge in [0, 0.05) is 11.5 Å². The van der Waals surface area contributed by atoms with E-state index in [0.29, 0.717) is 0 Å². The zero-order valence-corrected chi connectivity index (χ0v) is 12.0. The number of ether oxygens (including phenoxy) is 1. The highest BCUT2D eigenvalue weighted by atomic mass is 79.9. The van der Waals surface area contributed by atoms with Crippen molar-refractivity contribution >= 4 is 38.9 Å². The minimum atomic E-state index is -0.182. The average Bonchev–Trinajstić information content (AvgIpc) is 2.75. The Morgan fingerprint density at radius 3 is 2.87 bits per heavy atom. The molecule has 1 fully saturated rings. The van der Waals surface area contributed by atoms with Crippen molar-refractivity contribution in [3.05, 3.63) is 20.3 Å². The first kappa shape index (κ1) is 11.9. The third kappa shape index (κ3) is 2.26. The molecule has 1 aromatic rings. The van der Waals surface area contributed by atoms with E-state index in [-0.39, 0.29) is 11.0 Å². The summed E-state index contributed by atoms with van der Waals surface area (Å²) in [4.78, 5) is 1.20. The van der Waals surface area contributed by atoms with Gasteiger partial charge in [-0.1, -0.05) is 0 Å². The number of aryl methyl sites for hydroxylation is 1. The molecule has 2 atom stereocenters. The van der Waals surface area contributed by atoms with Crippen LogP contribution in [0.15, 0.2) is 9.85 Å². The van der Waals surface area contributed by atoms with Crippen molar-refractivity contribution in [1.29, 1.82) is 0 Å². The van der Waals surface area contributed by atoms with Crippen molar-refractivity contribution in [3.8, 4) is 0 Å². The summed E-state index contributed by atoms with van der Waals surface area (Å²) < 4.78 is 6.94. The molecule has 0 amide bonds. The molecule has 0 saturated carbocycles. The lowest BCUT2D eigenvalue weighted by Crippen LogP contribution is -2.28. The monoisotopic (exact) mass is 308 g/mol. The second-order valence-electron chi connectivity index (χ2n) is 4.23. The predicted octanol–water partition coefficient (Wildman–Crippen LogP) is 4.67. The van der Waals surface area contributed by atoms with Gasteiger partial charge in [-0.15, -0.1) is 22.9 Å². The van der Waals surface area contributed by atoms with Crippen LogP contribution in [-0.2, 0) is 4.74 Å². The van der Waals surface area contributed by atoms with Crippen molar-refractivity contribution in [3.63, 3.8) is 0 Å². The first-order chi connectivity index (χ1) is 7.03. The molecule has 2 heterocycles. The summed E-state index contributed by atoms with van der Waals surface area (Å²) in [5.74, 6) is 0. The average molecular weight is 310 g/mol. The van der Waals surface area contributed by atoms with Crippen LogP contribution in [0.25, 0.3) is 0 Å². The highest BCUT2D eigenvalue weighted by molar-refractivity contribution is 9.11. The first-order valence-electron chi connectivity index (χ1n) is 5.07. The molecule has 2 unspecified atom stereocenters. The molecule has 15 heavy (non-hydrogen) atoms. The lowest BCUT2D eigenvalue weighted by atomic mass is 9.97. The van der Waals surface area contributed by atoms with Crippen LogP contribution in [0.2, 0.25) is 0 Å². The Morgan fingerprint density at radius 2 is 2.40 bits per heavy atom. The van der Waals surface area contributed by atoms with Crippen LogP contribution in [0.3, 0.4) is 0 Å². The molecule has 0 spiro atoms. The van der Waals surface area contributed by atoms with E-state index in [0.717, 1.165) is 19.4 Å². The van der Waals surface area contributed by atoms with Gasteiger partial charge in [0.25, 0.3) is 0 Å². The fraction of sp³-hybridized carbons (Fsp3) is 0.636. The zero-order chi connectivity index (χ0) is 11.1. The molecule has 0 radical (unpaired) electrons. The summed E-state index contributed by atoms with van der Waals surface area (Å²) in [5, 5.41) is -0.0324. The van der Waals surface area contributed by atoms with Gasteiger partial charge in [-0.25, -0.2) is 0 Å². The lowest BCUT2D eigenvalue weighted by molar-refractivity contribution is 0.0171. The van der Waals surface area contributed by atoms with Gasteiger partial charge in [0.05, 0.1) is 14.8 Å². The quantitative estimate of drug-likeness (QED) is 0.722. The van der Waals surface area contributed by atoms with Crippen LogP contribution < -0.4 is 0 Å². The van der Waals surface area contributed by atoms with E-state index in [9.17, 15) is 0 Å². The molecule has 0 aliphatic carbocycles. The van der Waals surface area contributed by atoms with Crippen LogP contribution in [0.4, 0.5) is 0 Å². The standard InChI is InChI=1S/C11H14BrClOS/c1-7-6-8(15-10(7)12)9(13)11(2)4-3-5-14-11/h6,9H,3-5H2,1-2H3. The summed E-state index contributed by atoms with van der Waals surface area (Å²) in [6, 6.07) is 2.15. The topological polar surface area (TPSA) is 9.23 Å². The summed E-state index contributed by atoms with van der Waals surface area (Å²) in [5.41, 5.74) is 1.07. The third-order valence-electron chi connectivity index (χ3n) is 2.91. The Hall–Kier alpha value is 0.430. The smallest absolute Gasteiger partial charge is 0.0965 e. The van der Waals surface area contributed by atoms with Gasteiger partial charge in [0.2, 0.25) is 0 Å². The molecular formula is C11H14BrClOS. The number of halogens is 2. The second-order valence-corrected chi connectivity index (χ2v) is 7.07. The van der Waals surface area contributed by atoms with Crippen molar-refractivity contribution in [2.24, 2.45) is 0 Å². The minimum Gasteiger partial charge on any atom is -0.373 e. The Kier molecular flexibility index (Phi) is 3.46. The summed E-state index contributed by atoms with van der Waals surface area (Å²) in [6.45, 7) is 5.04. The number of thiophene rings is 1. The number of alkyl halides is 1. The third-order valence-corrected chi connectivity index (χ3v) is 5.94. The van der Waals surface area contributed by atoms with E-state index in [1.807, 2.05) is 0 Å². The van der Waals surface area contributed by atoms with Crippen LogP contribution in [0.1, 0.15) is 35.6 Å². The number of hydrogen-bond acceptors (Lipinski definition) is 2. The number of hydrogen-bond donors (Lipinski definition) is 0. The van der Waals surface area contributed by atoms with Gasteiger partial charge >= 0.3 is 0 Å². The van der Waals surface area contributed by atoms with E-state index < -0.39 is 0 Å². The molecule has 1 nitrogen and oxygen atoms in total. The van der Waals surface area contributed by atoms with Gasteiger partial charge in [-0.05, 0) is 54.2 Å². The van der Waals surface area contributed by atoms with Gasteiger partial charge in [0.1, 0.15) is 0 Å². The Bertz CT molecular complexity index is 338. The maximum Gasteiger partial charge on any atom is 0.0965 e. The second kappa shape index (κ2) is 4.36. The Morgan fingerprint density at radius 1 is 1.67 bits per heavy atom. The van der Waals surface area contributed by atoms with Gasteiger partial charge in [0.15, 0.2) is 0 Å². The molecule has 84 valence electrons. The predicted molar refractivity (Wildman–Crippen MR) is 68.9 cm³/mol. The highest BCUT2D eigenvalue weighted by Gasteiger charge is 2.39. The first-order valence-corrected chi connectivity index (χ1v) is 7.11. The normalized spacial score (nSPS) is 28.3. The maximum absolute atomic E-state index is 6.50. The molecule has 4 heteroatoms. The largest absolute Gasteiger partial charge is 0.373 e. The molecule has 0 N–H and O–H groups in total. The van der Waals surface area contributed by atoms with Crippen LogP contribution >= 0.6 is 38.9 Å². The maximum atomic E-state index is 6.50. The SMILES string of the molecule is Cc1cc(C(Cl)C2(C)CCCO2)sc1Br. The Balaban J connectivity index is 2.23. The fourth-order valence-electron chi connectivity index (χ4n) is 1.91. The van der Waals surface area contributed by atoms with Crippen LogP contribution in [-0.4, -0.2) is 12.2 Å². The molecule has 1 saturated heterocycles. The molecule has 1 aliphatic heterocycles. The van der Waals surface area contributed by atoms with E-state index in [4.69, 9.17) is 16.3 Å². The molecule has 0 aromatic carbocycles. The summed E-state index contributed by atoms with van der Waals surface area (Å²) >= 11 is 11.7. The van der Waals surface area contributed by atoms with Gasteiger partial charge in [-0.2, -0.15) is 0 Å². The van der Waals surface area contributed by atoms with Crippen molar-refractivity contribution in [2.75, 3.05) is 6.61 Å². The van der Waals surface area contributed by atoms with Crippen molar-refractivity contribution in [2.45, 2.75) is 37.7 Å². The lowest BCUT2D eigenvalue weighted by Gasteiger charge is -2.27. The summed E-state index contributed by atoms with van der Waals surface area (Å²) in [7, 11) is 0. The zero-order valence-electron chi connectivity index (χ0n) is 8.85. The molecule has 2 rings (SSSR count). The van der Waals surface area contributed by atoms with Crippen LogP contribution in [0.5, 0.6) is 0 Å². The molecule has 0 bridgehead atoms. The van der Waals surface area contributed by atoms with Crippen LogP contribution in [0, 0.1) is 6.92 Å². The molecule has 1 aromatic heterocycles. The van der Waals surface area contributed by atoms with E-state index >= 15 is 0 Å². The fourth-order valence-corrected chi connectivity index (χ4v) is 3.97. The van der Waals surface area contributed by atoms with E-state index in [1.54, 1.807) is 11.3 Å². The van der Waals surface area contributed by atoms with Gasteiger partial charge < -0.3 is 4.74 Å².